The van der Waals surface area contributed by atoms with Crippen molar-refractivity contribution in [2.75, 3.05) is 19.4 Å². The summed E-state index contributed by atoms with van der Waals surface area (Å²) in [5.41, 5.74) is 0.864. The minimum atomic E-state index is -3.44. The quantitative estimate of drug-likeness (QED) is 0.915. The van der Waals surface area contributed by atoms with Gasteiger partial charge in [-0.2, -0.15) is 0 Å². The van der Waals surface area contributed by atoms with Crippen molar-refractivity contribution in [3.05, 3.63) is 47.1 Å². The number of nitrogens with one attached hydrogen (secondary N) is 1. The number of hydrogen-bond acceptors (Lipinski definition) is 4. The number of anilines is 2. The summed E-state index contributed by atoms with van der Waals surface area (Å²) in [7, 11) is -0.464. The predicted molar refractivity (Wildman–Crippen MR) is 82.5 cm³/mol. The fourth-order valence-corrected chi connectivity index (χ4v) is 2.75. The Morgan fingerprint density at radius 2 is 1.85 bits per heavy atom. The first kappa shape index (κ1) is 15.0. The highest BCUT2D eigenvalue weighted by Crippen LogP contribution is 2.24. The van der Waals surface area contributed by atoms with Crippen molar-refractivity contribution in [3.8, 4) is 0 Å². The first-order chi connectivity index (χ1) is 9.41. The second kappa shape index (κ2) is 5.90. The molecule has 20 heavy (non-hydrogen) atoms. The molecule has 1 N–H and O–H groups in total. The van der Waals surface area contributed by atoms with Crippen LogP contribution >= 0.6 is 15.9 Å². The van der Waals surface area contributed by atoms with Crippen LogP contribution in [-0.4, -0.2) is 31.8 Å². The summed E-state index contributed by atoms with van der Waals surface area (Å²) >= 11 is 3.43. The smallest absolute Gasteiger partial charge is 0.244 e. The van der Waals surface area contributed by atoms with Gasteiger partial charge in [0.05, 0.1) is 5.69 Å². The third-order valence-corrected chi connectivity index (χ3v) is 5.14. The van der Waals surface area contributed by atoms with Gasteiger partial charge in [0.25, 0.3) is 0 Å². The molecule has 2 aromatic rings. The van der Waals surface area contributed by atoms with Gasteiger partial charge >= 0.3 is 0 Å². The molecule has 0 saturated carbocycles. The lowest BCUT2D eigenvalue weighted by molar-refractivity contribution is 0.520. The predicted octanol–water partition coefficient (Wildman–Crippen LogP) is 2.84. The zero-order chi connectivity index (χ0) is 14.8. The van der Waals surface area contributed by atoms with Crippen LogP contribution in [0.15, 0.2) is 52.0 Å². The molecular formula is C13H14BrN3O2S. The summed E-state index contributed by atoms with van der Waals surface area (Å²) in [5.74, 6) is 0.578. The minimum absolute atomic E-state index is 0.167. The number of halogens is 1. The van der Waals surface area contributed by atoms with E-state index in [0.717, 1.165) is 14.5 Å². The molecule has 0 aliphatic carbocycles. The molecule has 0 bridgehead atoms. The number of benzene rings is 1. The third-order valence-electron chi connectivity index (χ3n) is 2.65. The van der Waals surface area contributed by atoms with Gasteiger partial charge in [0.15, 0.2) is 0 Å². The van der Waals surface area contributed by atoms with E-state index in [9.17, 15) is 8.42 Å². The van der Waals surface area contributed by atoms with Crippen LogP contribution in [-0.2, 0) is 10.0 Å². The van der Waals surface area contributed by atoms with Gasteiger partial charge in [-0.15, -0.1) is 0 Å². The van der Waals surface area contributed by atoms with Gasteiger partial charge in [0, 0.05) is 24.8 Å². The molecule has 0 unspecified atom stereocenters. The fraction of sp³-hybridized carbons (Fsp3) is 0.154. The number of aromatic nitrogens is 1. The Balaban J connectivity index is 2.24. The maximum atomic E-state index is 11.9. The van der Waals surface area contributed by atoms with Crippen molar-refractivity contribution >= 4 is 37.5 Å². The second-order valence-electron chi connectivity index (χ2n) is 4.27. The van der Waals surface area contributed by atoms with Crippen molar-refractivity contribution in [3.63, 3.8) is 0 Å². The topological polar surface area (TPSA) is 62.3 Å². The fourth-order valence-electron chi connectivity index (χ4n) is 1.52. The Morgan fingerprint density at radius 3 is 2.40 bits per heavy atom. The molecule has 0 fully saturated rings. The lowest BCUT2D eigenvalue weighted by atomic mass is 10.3. The number of rotatable bonds is 4. The Hall–Kier alpha value is -1.44. The van der Waals surface area contributed by atoms with E-state index < -0.39 is 10.0 Å². The Morgan fingerprint density at radius 1 is 1.15 bits per heavy atom. The standard InChI is InChI=1S/C13H14BrN3O2S/c1-17(2)20(18,19)10-7-8-13(15-9-10)16-12-6-4-3-5-11(12)14/h3-9H,1-2H3,(H,15,16). The third kappa shape index (κ3) is 3.17. The lowest BCUT2D eigenvalue weighted by Gasteiger charge is -2.12. The van der Waals surface area contributed by atoms with Gasteiger partial charge < -0.3 is 5.32 Å². The highest BCUT2D eigenvalue weighted by atomic mass is 79.9. The maximum absolute atomic E-state index is 11.9. The van der Waals surface area contributed by atoms with Gasteiger partial charge in [0.1, 0.15) is 10.7 Å². The van der Waals surface area contributed by atoms with Gasteiger partial charge in [-0.3, -0.25) is 0 Å². The Kier molecular flexibility index (Phi) is 4.42. The summed E-state index contributed by atoms with van der Waals surface area (Å²) in [6, 6.07) is 10.8. The molecule has 1 aromatic heterocycles. The highest BCUT2D eigenvalue weighted by molar-refractivity contribution is 9.10. The van der Waals surface area contributed by atoms with Crippen LogP contribution in [0, 0.1) is 0 Å². The van der Waals surface area contributed by atoms with Crippen molar-refractivity contribution in [2.45, 2.75) is 4.90 Å². The molecule has 0 aliphatic heterocycles. The van der Waals surface area contributed by atoms with Crippen LogP contribution in [0.2, 0.25) is 0 Å². The number of hydrogen-bond donors (Lipinski definition) is 1. The number of para-hydroxylation sites is 1. The van der Waals surface area contributed by atoms with E-state index in [4.69, 9.17) is 0 Å². The highest BCUT2D eigenvalue weighted by Gasteiger charge is 2.17. The van der Waals surface area contributed by atoms with E-state index in [1.54, 1.807) is 6.07 Å². The van der Waals surface area contributed by atoms with Crippen LogP contribution in [0.1, 0.15) is 0 Å². The zero-order valence-corrected chi connectivity index (χ0v) is 13.4. The van der Waals surface area contributed by atoms with E-state index in [-0.39, 0.29) is 4.90 Å². The minimum Gasteiger partial charge on any atom is -0.339 e. The number of nitrogens with zero attached hydrogens (tertiary/aromatic N) is 2. The molecule has 0 amide bonds. The molecule has 0 radical (unpaired) electrons. The van der Waals surface area contributed by atoms with Gasteiger partial charge in [-0.1, -0.05) is 12.1 Å². The van der Waals surface area contributed by atoms with Crippen LogP contribution < -0.4 is 5.32 Å². The summed E-state index contributed by atoms with van der Waals surface area (Å²) in [4.78, 5) is 4.29. The molecule has 5 nitrogen and oxygen atoms in total. The summed E-state index contributed by atoms with van der Waals surface area (Å²) in [6.45, 7) is 0. The molecule has 1 heterocycles. The molecular weight excluding hydrogens is 342 g/mol. The van der Waals surface area contributed by atoms with Crippen LogP contribution in [0.5, 0.6) is 0 Å². The molecule has 0 atom stereocenters. The Labute approximate surface area is 126 Å². The molecule has 0 aliphatic rings. The van der Waals surface area contributed by atoms with E-state index >= 15 is 0 Å². The van der Waals surface area contributed by atoms with Crippen LogP contribution in [0.25, 0.3) is 0 Å². The molecule has 2 rings (SSSR count). The lowest BCUT2D eigenvalue weighted by Crippen LogP contribution is -2.22. The second-order valence-corrected chi connectivity index (χ2v) is 7.28. The van der Waals surface area contributed by atoms with Crippen molar-refractivity contribution in [2.24, 2.45) is 0 Å². The molecule has 0 saturated heterocycles. The van der Waals surface area contributed by atoms with Crippen molar-refractivity contribution in [1.82, 2.24) is 9.29 Å². The number of sulfonamides is 1. The molecule has 7 heteroatoms. The monoisotopic (exact) mass is 355 g/mol. The Bertz CT molecular complexity index is 700. The van der Waals surface area contributed by atoms with Gasteiger partial charge in [-0.05, 0) is 40.2 Å². The first-order valence-corrected chi connectivity index (χ1v) is 8.05. The largest absolute Gasteiger partial charge is 0.339 e. The van der Waals surface area contributed by atoms with E-state index in [2.05, 4.69) is 26.2 Å². The van der Waals surface area contributed by atoms with Crippen molar-refractivity contribution in [1.29, 1.82) is 0 Å². The summed E-state index contributed by atoms with van der Waals surface area (Å²) in [6.07, 6.45) is 1.34. The SMILES string of the molecule is CN(C)S(=O)(=O)c1ccc(Nc2ccccc2Br)nc1. The van der Waals surface area contributed by atoms with Crippen LogP contribution in [0.3, 0.4) is 0 Å². The molecule has 0 spiro atoms. The van der Waals surface area contributed by atoms with Crippen LogP contribution in [0.4, 0.5) is 11.5 Å². The van der Waals surface area contributed by atoms with Gasteiger partial charge in [0.2, 0.25) is 10.0 Å². The normalized spacial score (nSPS) is 11.6. The summed E-state index contributed by atoms with van der Waals surface area (Å²) < 4.78 is 25.9. The average molecular weight is 356 g/mol. The average Bonchev–Trinajstić information content (AvgIpc) is 2.42. The molecule has 106 valence electrons. The molecule has 1 aromatic carbocycles. The first-order valence-electron chi connectivity index (χ1n) is 5.81. The maximum Gasteiger partial charge on any atom is 0.244 e. The van der Waals surface area contributed by atoms with E-state index in [1.807, 2.05) is 24.3 Å². The van der Waals surface area contributed by atoms with Gasteiger partial charge in [-0.25, -0.2) is 17.7 Å². The summed E-state index contributed by atoms with van der Waals surface area (Å²) in [5, 5.41) is 3.11. The number of pyridine rings is 1. The zero-order valence-electron chi connectivity index (χ0n) is 11.0. The van der Waals surface area contributed by atoms with E-state index in [1.165, 1.54) is 26.4 Å². The van der Waals surface area contributed by atoms with E-state index in [0.29, 0.717) is 5.82 Å². The van der Waals surface area contributed by atoms with Crippen molar-refractivity contribution < 1.29 is 8.42 Å².